The maximum atomic E-state index is 12.6. The van der Waals surface area contributed by atoms with Crippen LogP contribution in [0.3, 0.4) is 0 Å². The van der Waals surface area contributed by atoms with Gasteiger partial charge in [-0.05, 0) is 26.5 Å². The van der Waals surface area contributed by atoms with E-state index in [4.69, 9.17) is 0 Å². The zero-order valence-electron chi connectivity index (χ0n) is 11.5. The second-order valence-electron chi connectivity index (χ2n) is 4.89. The number of alkyl halides is 3. The third kappa shape index (κ3) is 5.61. The van der Waals surface area contributed by atoms with Crippen LogP contribution in [0.15, 0.2) is 30.3 Å². The van der Waals surface area contributed by atoms with Gasteiger partial charge in [0.15, 0.2) is 0 Å². The smallest absolute Gasteiger partial charge is 0.312 e. The summed E-state index contributed by atoms with van der Waals surface area (Å²) in [4.78, 5) is 1.44. The van der Waals surface area contributed by atoms with Crippen molar-refractivity contribution in [3.63, 3.8) is 0 Å². The highest BCUT2D eigenvalue weighted by Crippen LogP contribution is 2.21. The molecule has 0 aliphatic carbocycles. The topological polar surface area (TPSA) is 15.3 Å². The van der Waals surface area contributed by atoms with E-state index in [0.29, 0.717) is 6.54 Å². The van der Waals surface area contributed by atoms with Crippen LogP contribution in [0.1, 0.15) is 25.5 Å². The molecule has 0 aliphatic heterocycles. The van der Waals surface area contributed by atoms with Crippen molar-refractivity contribution in [2.75, 3.05) is 20.1 Å². The molecule has 0 aliphatic rings. The summed E-state index contributed by atoms with van der Waals surface area (Å²) in [5, 5.41) is 3.08. The summed E-state index contributed by atoms with van der Waals surface area (Å²) in [5.74, 6) is 0. The Morgan fingerprint density at radius 2 is 1.74 bits per heavy atom. The molecule has 1 aromatic rings. The predicted molar refractivity (Wildman–Crippen MR) is 71.0 cm³/mol. The van der Waals surface area contributed by atoms with Crippen LogP contribution in [0.4, 0.5) is 13.2 Å². The molecule has 1 rings (SSSR count). The Labute approximate surface area is 112 Å². The van der Waals surface area contributed by atoms with Crippen molar-refractivity contribution in [3.8, 4) is 0 Å². The van der Waals surface area contributed by atoms with Crippen molar-refractivity contribution in [3.05, 3.63) is 35.9 Å². The van der Waals surface area contributed by atoms with Gasteiger partial charge in [0.05, 0.1) is 6.54 Å². The number of benzene rings is 1. The molecule has 0 spiro atoms. The Hall–Kier alpha value is -1.07. The number of halogens is 3. The minimum absolute atomic E-state index is 0.106. The zero-order valence-corrected chi connectivity index (χ0v) is 11.5. The fourth-order valence-corrected chi connectivity index (χ4v) is 1.97. The third-order valence-corrected chi connectivity index (χ3v) is 3.08. The van der Waals surface area contributed by atoms with Gasteiger partial charge in [-0.15, -0.1) is 0 Å². The van der Waals surface area contributed by atoms with Crippen LogP contribution in [0.25, 0.3) is 0 Å². The molecule has 0 radical (unpaired) electrons. The van der Waals surface area contributed by atoms with Gasteiger partial charge >= 0.3 is 6.18 Å². The lowest BCUT2D eigenvalue weighted by atomic mass is 10.1. The van der Waals surface area contributed by atoms with Crippen LogP contribution in [0, 0.1) is 0 Å². The van der Waals surface area contributed by atoms with Crippen molar-refractivity contribution < 1.29 is 13.2 Å². The van der Waals surface area contributed by atoms with E-state index in [-0.39, 0.29) is 12.1 Å². The molecule has 1 N–H and O–H groups in total. The fraction of sp³-hybridized carbons (Fsp3) is 0.571. The van der Waals surface area contributed by atoms with Gasteiger partial charge in [-0.1, -0.05) is 30.3 Å². The summed E-state index contributed by atoms with van der Waals surface area (Å²) in [7, 11) is 1.77. The summed E-state index contributed by atoms with van der Waals surface area (Å²) in [6.45, 7) is 3.01. The maximum absolute atomic E-state index is 12.6. The molecule has 0 amide bonds. The van der Waals surface area contributed by atoms with Crippen molar-refractivity contribution >= 4 is 0 Å². The van der Waals surface area contributed by atoms with Gasteiger partial charge in [-0.25, -0.2) is 0 Å². The third-order valence-electron chi connectivity index (χ3n) is 3.08. The largest absolute Gasteiger partial charge is 0.401 e. The monoisotopic (exact) mass is 274 g/mol. The number of likely N-dealkylation sites (N-methyl/N-ethyl adjacent to an activating group) is 1. The first-order valence-electron chi connectivity index (χ1n) is 6.36. The Balaban J connectivity index is 2.76. The lowest BCUT2D eigenvalue weighted by Crippen LogP contribution is -2.43. The molecule has 0 fully saturated rings. The molecule has 2 nitrogen and oxygen atoms in total. The van der Waals surface area contributed by atoms with Crippen molar-refractivity contribution in [2.24, 2.45) is 0 Å². The number of nitrogens with zero attached hydrogens (tertiary/aromatic N) is 1. The Kier molecular flexibility index (Phi) is 5.82. The molecule has 0 heterocycles. The minimum Gasteiger partial charge on any atom is -0.312 e. The van der Waals surface area contributed by atoms with Gasteiger partial charge in [0.25, 0.3) is 0 Å². The second kappa shape index (κ2) is 6.91. The van der Waals surface area contributed by atoms with Gasteiger partial charge in [0.1, 0.15) is 0 Å². The predicted octanol–water partition coefficient (Wildman–Crippen LogP) is 3.22. The zero-order chi connectivity index (χ0) is 14.5. The van der Waals surface area contributed by atoms with Gasteiger partial charge in [0.2, 0.25) is 0 Å². The molecule has 0 saturated carbocycles. The maximum Gasteiger partial charge on any atom is 0.401 e. The highest BCUT2D eigenvalue weighted by Gasteiger charge is 2.32. The molecular weight excluding hydrogens is 253 g/mol. The van der Waals surface area contributed by atoms with Gasteiger partial charge in [-0.2, -0.15) is 13.2 Å². The Bertz CT molecular complexity index is 363. The lowest BCUT2D eigenvalue weighted by molar-refractivity contribution is -0.150. The first-order valence-corrected chi connectivity index (χ1v) is 6.36. The SMILES string of the molecule is CNC(CN(CC(F)(F)F)C(C)C)c1ccccc1. The molecular formula is C14H21F3N2. The molecule has 0 saturated heterocycles. The van der Waals surface area contributed by atoms with E-state index >= 15 is 0 Å². The van der Waals surface area contributed by atoms with Gasteiger partial charge in [0, 0.05) is 18.6 Å². The lowest BCUT2D eigenvalue weighted by Gasteiger charge is -2.31. The summed E-state index contributed by atoms with van der Waals surface area (Å²) < 4.78 is 37.7. The minimum atomic E-state index is -4.17. The molecule has 0 aromatic heterocycles. The molecule has 5 heteroatoms. The number of hydrogen-bond donors (Lipinski definition) is 1. The van der Waals surface area contributed by atoms with Gasteiger partial charge in [-0.3, -0.25) is 4.90 Å². The van der Waals surface area contributed by atoms with E-state index in [1.807, 2.05) is 30.3 Å². The fourth-order valence-electron chi connectivity index (χ4n) is 1.97. The van der Waals surface area contributed by atoms with Crippen LogP contribution in [-0.2, 0) is 0 Å². The van der Waals surface area contributed by atoms with Crippen LogP contribution < -0.4 is 5.32 Å². The van der Waals surface area contributed by atoms with Crippen LogP contribution >= 0.6 is 0 Å². The van der Waals surface area contributed by atoms with E-state index < -0.39 is 12.7 Å². The summed E-state index contributed by atoms with van der Waals surface area (Å²) in [5.41, 5.74) is 0.998. The van der Waals surface area contributed by atoms with Crippen molar-refractivity contribution in [1.29, 1.82) is 0 Å². The molecule has 1 unspecified atom stereocenters. The summed E-state index contributed by atoms with van der Waals surface area (Å²) in [6, 6.07) is 9.27. The van der Waals surface area contributed by atoms with E-state index in [2.05, 4.69) is 5.32 Å². The van der Waals surface area contributed by atoms with Crippen LogP contribution in [-0.4, -0.2) is 37.3 Å². The second-order valence-corrected chi connectivity index (χ2v) is 4.89. The highest BCUT2D eigenvalue weighted by molar-refractivity contribution is 5.19. The van der Waals surface area contributed by atoms with Gasteiger partial charge < -0.3 is 5.32 Å². The molecule has 19 heavy (non-hydrogen) atoms. The van der Waals surface area contributed by atoms with E-state index in [1.54, 1.807) is 20.9 Å². The first-order chi connectivity index (χ1) is 8.83. The van der Waals surface area contributed by atoms with Crippen LogP contribution in [0.2, 0.25) is 0 Å². The van der Waals surface area contributed by atoms with Crippen molar-refractivity contribution in [1.82, 2.24) is 10.2 Å². The van der Waals surface area contributed by atoms with E-state index in [9.17, 15) is 13.2 Å². The summed E-state index contributed by atoms with van der Waals surface area (Å²) >= 11 is 0. The Morgan fingerprint density at radius 3 is 2.16 bits per heavy atom. The normalized spacial score (nSPS) is 14.1. The molecule has 1 aromatic carbocycles. The highest BCUT2D eigenvalue weighted by atomic mass is 19.4. The molecule has 108 valence electrons. The molecule has 0 bridgehead atoms. The van der Waals surface area contributed by atoms with E-state index in [0.717, 1.165) is 5.56 Å². The molecule has 1 atom stereocenters. The average molecular weight is 274 g/mol. The van der Waals surface area contributed by atoms with Crippen molar-refractivity contribution in [2.45, 2.75) is 32.1 Å². The standard InChI is InChI=1S/C14H21F3N2/c1-11(2)19(10-14(15,16)17)9-13(18-3)12-7-5-4-6-8-12/h4-8,11,13,18H,9-10H2,1-3H3. The number of hydrogen-bond acceptors (Lipinski definition) is 2. The summed E-state index contributed by atoms with van der Waals surface area (Å²) in [6.07, 6.45) is -4.17. The van der Waals surface area contributed by atoms with Crippen LogP contribution in [0.5, 0.6) is 0 Å². The quantitative estimate of drug-likeness (QED) is 0.857. The first kappa shape index (κ1) is 16.0. The van der Waals surface area contributed by atoms with E-state index in [1.165, 1.54) is 4.90 Å². The Morgan fingerprint density at radius 1 is 1.16 bits per heavy atom. The average Bonchev–Trinajstić information content (AvgIpc) is 2.33. The number of rotatable bonds is 6. The number of nitrogens with one attached hydrogen (secondary N) is 1.